The molecule has 0 unspecified atom stereocenters. The molecule has 3 aromatic rings. The van der Waals surface area contributed by atoms with E-state index in [4.69, 9.17) is 0 Å². The average molecular weight is 507 g/mol. The van der Waals surface area contributed by atoms with Gasteiger partial charge in [-0.05, 0) is 44.2 Å². The van der Waals surface area contributed by atoms with E-state index in [2.05, 4.69) is 32.4 Å². The molecule has 2 aliphatic heterocycles. The van der Waals surface area contributed by atoms with Crippen LogP contribution < -0.4 is 5.32 Å². The van der Waals surface area contributed by atoms with Crippen molar-refractivity contribution in [3.8, 4) is 11.4 Å². The minimum Gasteiger partial charge on any atom is -0.315 e. The smallest absolute Gasteiger partial charge is 0.315 e. The zero-order valence-electron chi connectivity index (χ0n) is 19.3. The Kier molecular flexibility index (Phi) is 5.67. The van der Waals surface area contributed by atoms with Crippen LogP contribution in [0.1, 0.15) is 44.7 Å². The van der Waals surface area contributed by atoms with Gasteiger partial charge in [0.15, 0.2) is 11.6 Å². The van der Waals surface area contributed by atoms with Crippen molar-refractivity contribution in [3.05, 3.63) is 54.4 Å². The SMILES string of the molecule is C[C@@H]1C[C@H]2C[C@@]([C@H](C)n3cnnc3)(C1)N2C(=O)Nc1cc(-c2ncc(F)cn2)c(C(F)(F)F)cc1F. The average Bonchev–Trinajstić information content (AvgIpc) is 3.34. The van der Waals surface area contributed by atoms with Gasteiger partial charge in [-0.15, -0.1) is 10.2 Å². The number of hydrogen-bond donors (Lipinski definition) is 1. The van der Waals surface area contributed by atoms with E-state index in [0.717, 1.165) is 18.9 Å². The van der Waals surface area contributed by atoms with Crippen molar-refractivity contribution in [1.29, 1.82) is 0 Å². The van der Waals surface area contributed by atoms with Crippen LogP contribution in [-0.2, 0) is 6.18 Å². The number of anilines is 1. The van der Waals surface area contributed by atoms with E-state index >= 15 is 0 Å². The number of urea groups is 1. The number of carbonyl (C=O) groups excluding carboxylic acids is 1. The van der Waals surface area contributed by atoms with Gasteiger partial charge >= 0.3 is 12.2 Å². The van der Waals surface area contributed by atoms with Crippen LogP contribution in [0.2, 0.25) is 0 Å². The monoisotopic (exact) mass is 507 g/mol. The van der Waals surface area contributed by atoms with E-state index in [0.29, 0.717) is 24.7 Å². The van der Waals surface area contributed by atoms with Gasteiger partial charge < -0.3 is 14.8 Å². The number of nitrogens with one attached hydrogen (secondary N) is 1. The van der Waals surface area contributed by atoms with Crippen molar-refractivity contribution < 1.29 is 26.7 Å². The molecule has 13 heteroatoms. The Labute approximate surface area is 202 Å². The van der Waals surface area contributed by atoms with Gasteiger partial charge in [0.1, 0.15) is 18.5 Å². The summed E-state index contributed by atoms with van der Waals surface area (Å²) >= 11 is 0. The van der Waals surface area contributed by atoms with Gasteiger partial charge in [0.2, 0.25) is 0 Å². The largest absolute Gasteiger partial charge is 0.417 e. The number of amides is 2. The summed E-state index contributed by atoms with van der Waals surface area (Å²) in [6, 6.07) is 0.217. The lowest BCUT2D eigenvalue weighted by Gasteiger charge is -2.65. The van der Waals surface area contributed by atoms with E-state index in [1.807, 2.05) is 6.92 Å². The minimum atomic E-state index is -4.93. The molecule has 0 radical (unpaired) electrons. The summed E-state index contributed by atoms with van der Waals surface area (Å²) in [5.41, 5.74) is -2.96. The predicted octanol–water partition coefficient (Wildman–Crippen LogP) is 5.07. The third kappa shape index (κ3) is 3.95. The van der Waals surface area contributed by atoms with Crippen molar-refractivity contribution in [1.82, 2.24) is 29.6 Å². The lowest BCUT2D eigenvalue weighted by atomic mass is 9.61. The molecule has 1 saturated carbocycles. The summed E-state index contributed by atoms with van der Waals surface area (Å²) < 4.78 is 70.8. The van der Waals surface area contributed by atoms with Gasteiger partial charge in [-0.3, -0.25) is 0 Å². The van der Waals surface area contributed by atoms with Crippen molar-refractivity contribution in [2.45, 2.75) is 56.9 Å². The van der Waals surface area contributed by atoms with Crippen LogP contribution in [0.3, 0.4) is 0 Å². The Balaban J connectivity index is 1.49. The van der Waals surface area contributed by atoms with Crippen molar-refractivity contribution >= 4 is 11.7 Å². The molecule has 4 heterocycles. The summed E-state index contributed by atoms with van der Waals surface area (Å²) in [7, 11) is 0. The molecule has 1 aliphatic carbocycles. The molecule has 2 amide bonds. The molecule has 0 spiro atoms. The molecule has 2 aromatic heterocycles. The Morgan fingerprint density at radius 1 is 1.14 bits per heavy atom. The molecule has 2 saturated heterocycles. The lowest BCUT2D eigenvalue weighted by molar-refractivity contribution is -0.137. The maximum absolute atomic E-state index is 14.9. The van der Waals surface area contributed by atoms with Gasteiger partial charge in [-0.2, -0.15) is 13.2 Å². The fourth-order valence-corrected chi connectivity index (χ4v) is 5.68. The molecule has 3 aliphatic rings. The van der Waals surface area contributed by atoms with Gasteiger partial charge in [0.05, 0.1) is 35.2 Å². The predicted molar refractivity (Wildman–Crippen MR) is 118 cm³/mol. The Morgan fingerprint density at radius 2 is 1.81 bits per heavy atom. The van der Waals surface area contributed by atoms with Gasteiger partial charge in [-0.1, -0.05) is 6.92 Å². The van der Waals surface area contributed by atoms with Crippen LogP contribution >= 0.6 is 0 Å². The number of nitrogens with zero attached hydrogens (tertiary/aromatic N) is 6. The number of fused-ring (bicyclic) bond motifs is 2. The molecule has 36 heavy (non-hydrogen) atoms. The van der Waals surface area contributed by atoms with E-state index in [-0.39, 0.29) is 18.2 Å². The number of benzene rings is 1. The molecule has 3 fully saturated rings. The van der Waals surface area contributed by atoms with Crippen molar-refractivity contribution in [3.63, 3.8) is 0 Å². The van der Waals surface area contributed by atoms with E-state index in [1.165, 1.54) is 0 Å². The number of aromatic nitrogens is 5. The molecule has 1 aromatic carbocycles. The second-order valence-corrected chi connectivity index (χ2v) is 9.49. The number of hydrogen-bond acceptors (Lipinski definition) is 5. The first kappa shape index (κ1) is 24.1. The molecular formula is C23H22F5N7O. The Morgan fingerprint density at radius 3 is 2.44 bits per heavy atom. The number of piperidine rings is 1. The number of rotatable bonds is 4. The maximum atomic E-state index is 14.9. The van der Waals surface area contributed by atoms with Crippen LogP contribution in [0.5, 0.6) is 0 Å². The van der Waals surface area contributed by atoms with Gasteiger partial charge in [0, 0.05) is 11.6 Å². The van der Waals surface area contributed by atoms with Crippen molar-refractivity contribution in [2.24, 2.45) is 5.92 Å². The first-order chi connectivity index (χ1) is 17.0. The zero-order valence-corrected chi connectivity index (χ0v) is 19.3. The highest BCUT2D eigenvalue weighted by atomic mass is 19.4. The first-order valence-electron chi connectivity index (χ1n) is 11.3. The summed E-state index contributed by atoms with van der Waals surface area (Å²) in [6.07, 6.45) is 1.80. The molecule has 190 valence electrons. The summed E-state index contributed by atoms with van der Waals surface area (Å²) in [4.78, 5) is 22.3. The highest BCUT2D eigenvalue weighted by Gasteiger charge is 2.61. The zero-order chi connectivity index (χ0) is 25.8. The van der Waals surface area contributed by atoms with Gasteiger partial charge in [0.25, 0.3) is 0 Å². The van der Waals surface area contributed by atoms with Gasteiger partial charge in [-0.25, -0.2) is 23.5 Å². The Bertz CT molecular complexity index is 1280. The normalized spacial score (nSPS) is 24.2. The standard InChI is InChI=1S/C23H22F5N7O/c1-12-3-15-7-22(6-12,13(2)34-10-31-32-11-34)35(15)21(36)33-19-4-16(20-29-8-14(24)9-30-20)17(5-18(19)25)23(26,27)28/h4-5,8-13,15H,3,6-7H2,1-2H3,(H,33,36)/t12-,13+,15+,22-/m1/s1. The summed E-state index contributed by atoms with van der Waals surface area (Å²) in [5, 5.41) is 10.1. The number of halogens is 5. The highest BCUT2D eigenvalue weighted by molar-refractivity contribution is 5.92. The molecule has 4 atom stereocenters. The van der Waals surface area contributed by atoms with Crippen LogP contribution in [-0.4, -0.2) is 47.2 Å². The van der Waals surface area contributed by atoms with Crippen LogP contribution in [0, 0.1) is 17.6 Å². The van der Waals surface area contributed by atoms with Crippen molar-refractivity contribution in [2.75, 3.05) is 5.32 Å². The van der Waals surface area contributed by atoms with E-state index < -0.39 is 52.0 Å². The van der Waals surface area contributed by atoms with Crippen LogP contribution in [0.25, 0.3) is 11.4 Å². The number of alkyl halides is 3. The number of carbonyl (C=O) groups is 1. The highest BCUT2D eigenvalue weighted by Crippen LogP contribution is 2.55. The van der Waals surface area contributed by atoms with Crippen LogP contribution in [0.15, 0.2) is 37.2 Å². The molecule has 8 nitrogen and oxygen atoms in total. The third-order valence-corrected chi connectivity index (χ3v) is 7.21. The quantitative estimate of drug-likeness (QED) is 0.499. The fourth-order valence-electron chi connectivity index (χ4n) is 5.68. The molecule has 1 N–H and O–H groups in total. The fraction of sp³-hybridized carbons (Fsp3) is 0.435. The summed E-state index contributed by atoms with van der Waals surface area (Å²) in [5.74, 6) is -2.21. The van der Waals surface area contributed by atoms with Crippen LogP contribution in [0.4, 0.5) is 32.4 Å². The second kappa shape index (κ2) is 8.49. The third-order valence-electron chi connectivity index (χ3n) is 7.21. The molecule has 2 bridgehead atoms. The second-order valence-electron chi connectivity index (χ2n) is 9.49. The Hall–Kier alpha value is -3.64. The first-order valence-corrected chi connectivity index (χ1v) is 11.3. The van der Waals surface area contributed by atoms with E-state index in [1.54, 1.807) is 22.1 Å². The topological polar surface area (TPSA) is 88.8 Å². The summed E-state index contributed by atoms with van der Waals surface area (Å²) in [6.45, 7) is 4.04. The minimum absolute atomic E-state index is 0.0925. The molecule has 6 rings (SSSR count). The maximum Gasteiger partial charge on any atom is 0.417 e. The lowest BCUT2D eigenvalue weighted by Crippen LogP contribution is -2.74. The molecular weight excluding hydrogens is 485 g/mol. The van der Waals surface area contributed by atoms with E-state index in [9.17, 15) is 26.7 Å².